The monoisotopic (exact) mass is 451 g/mol. The molecule has 32 heavy (non-hydrogen) atoms. The minimum absolute atomic E-state index is 0.911. The Balaban J connectivity index is 1.25. The predicted molar refractivity (Wildman–Crippen MR) is 140 cm³/mol. The van der Waals surface area contributed by atoms with Gasteiger partial charge < -0.3 is 9.80 Å². The molecule has 0 N–H and O–H groups in total. The van der Waals surface area contributed by atoms with Crippen LogP contribution in [0.4, 0.5) is 11.4 Å². The molecule has 0 bridgehead atoms. The Bertz CT molecular complexity index is 931. The van der Waals surface area contributed by atoms with Gasteiger partial charge in [-0.1, -0.05) is 41.9 Å². The van der Waals surface area contributed by atoms with E-state index in [0.717, 1.165) is 56.2 Å². The molecule has 2 heterocycles. The fourth-order valence-electron chi connectivity index (χ4n) is 5.26. The number of rotatable bonds is 9. The molecule has 0 spiro atoms. The van der Waals surface area contributed by atoms with Gasteiger partial charge >= 0.3 is 0 Å². The van der Waals surface area contributed by atoms with E-state index in [1.54, 1.807) is 5.56 Å². The molecular formula is C28H38ClN3. The van der Waals surface area contributed by atoms with Crippen molar-refractivity contribution in [3.05, 3.63) is 70.3 Å². The Hall–Kier alpha value is -1.97. The zero-order valence-corrected chi connectivity index (χ0v) is 20.6. The molecule has 1 fully saturated rings. The van der Waals surface area contributed by atoms with Crippen molar-refractivity contribution in [2.24, 2.45) is 0 Å². The first-order chi connectivity index (χ1) is 15.6. The van der Waals surface area contributed by atoms with Crippen LogP contribution in [0.2, 0.25) is 5.02 Å². The van der Waals surface area contributed by atoms with Crippen molar-refractivity contribution < 1.29 is 0 Å². The first-order valence-corrected chi connectivity index (χ1v) is 12.6. The van der Waals surface area contributed by atoms with Crippen LogP contribution in [0.1, 0.15) is 41.5 Å². The summed E-state index contributed by atoms with van der Waals surface area (Å²) in [5.41, 5.74) is 8.44. The zero-order chi connectivity index (χ0) is 22.5. The van der Waals surface area contributed by atoms with Crippen LogP contribution in [0.5, 0.6) is 0 Å². The molecule has 2 aromatic carbocycles. The second-order valence-corrected chi connectivity index (χ2v) is 9.83. The molecule has 0 aliphatic carbocycles. The summed E-state index contributed by atoms with van der Waals surface area (Å²) in [6.45, 7) is 12.7. The van der Waals surface area contributed by atoms with E-state index in [4.69, 9.17) is 11.6 Å². The van der Waals surface area contributed by atoms with Gasteiger partial charge in [0, 0.05) is 45.5 Å². The number of allylic oxidation sites excluding steroid dienone is 1. The molecule has 0 amide bonds. The topological polar surface area (TPSA) is 9.72 Å². The molecular weight excluding hydrogens is 414 g/mol. The van der Waals surface area contributed by atoms with Crippen molar-refractivity contribution in [2.75, 3.05) is 56.1 Å². The number of hydrogen-bond acceptors (Lipinski definition) is 3. The molecule has 4 heteroatoms. The summed E-state index contributed by atoms with van der Waals surface area (Å²) in [6.07, 6.45) is 9.12. The molecule has 0 radical (unpaired) electrons. The SMILES string of the molecule is C=CCCc1cc(CCCCN2CCN(c3cccc(C)c3Cl)CC2)cc2c1N(C)CC2. The minimum atomic E-state index is 0.911. The number of benzene rings is 2. The van der Waals surface area contributed by atoms with Crippen molar-refractivity contribution in [1.82, 2.24) is 4.90 Å². The van der Waals surface area contributed by atoms with Crippen molar-refractivity contribution in [1.29, 1.82) is 0 Å². The van der Waals surface area contributed by atoms with E-state index >= 15 is 0 Å². The van der Waals surface area contributed by atoms with Gasteiger partial charge in [0.15, 0.2) is 0 Å². The van der Waals surface area contributed by atoms with Gasteiger partial charge in [-0.05, 0) is 80.3 Å². The average Bonchev–Trinajstić information content (AvgIpc) is 3.18. The first-order valence-electron chi connectivity index (χ1n) is 12.3. The van der Waals surface area contributed by atoms with E-state index in [2.05, 4.69) is 65.6 Å². The van der Waals surface area contributed by atoms with Crippen LogP contribution in [0.25, 0.3) is 0 Å². The molecule has 2 aliphatic heterocycles. The van der Waals surface area contributed by atoms with Crippen LogP contribution >= 0.6 is 11.6 Å². The van der Waals surface area contributed by atoms with Crippen LogP contribution < -0.4 is 9.80 Å². The lowest BCUT2D eigenvalue weighted by Crippen LogP contribution is -2.46. The number of aryl methyl sites for hydroxylation is 3. The Kier molecular flexibility index (Phi) is 7.80. The summed E-state index contributed by atoms with van der Waals surface area (Å²) in [6, 6.07) is 11.3. The normalized spacial score (nSPS) is 16.5. The molecule has 0 atom stereocenters. The van der Waals surface area contributed by atoms with Gasteiger partial charge in [0.05, 0.1) is 10.7 Å². The molecule has 0 aromatic heterocycles. The Morgan fingerprint density at radius 1 is 1.03 bits per heavy atom. The highest BCUT2D eigenvalue weighted by atomic mass is 35.5. The van der Waals surface area contributed by atoms with E-state index in [1.807, 2.05) is 6.08 Å². The van der Waals surface area contributed by atoms with E-state index in [1.165, 1.54) is 54.7 Å². The van der Waals surface area contributed by atoms with Gasteiger partial charge in [0.25, 0.3) is 0 Å². The van der Waals surface area contributed by atoms with Crippen LogP contribution in [-0.2, 0) is 19.3 Å². The van der Waals surface area contributed by atoms with E-state index < -0.39 is 0 Å². The van der Waals surface area contributed by atoms with Crippen molar-refractivity contribution in [2.45, 2.75) is 45.4 Å². The highest BCUT2D eigenvalue weighted by Gasteiger charge is 2.21. The third-order valence-corrected chi connectivity index (χ3v) is 7.61. The van der Waals surface area contributed by atoms with Gasteiger partial charge in [-0.3, -0.25) is 4.90 Å². The standard InChI is InChI=1S/C28H38ClN3/c1-4-5-11-24-20-23(21-25-13-15-30(3)28(24)25)10-6-7-14-31-16-18-32(19-17-31)26-12-8-9-22(2)27(26)29/h4,8-9,12,20-21H,1,5-7,10-11,13-19H2,2-3H3. The highest BCUT2D eigenvalue weighted by molar-refractivity contribution is 6.34. The molecule has 0 saturated carbocycles. The summed E-state index contributed by atoms with van der Waals surface area (Å²) >= 11 is 6.54. The fourth-order valence-corrected chi connectivity index (χ4v) is 5.50. The lowest BCUT2D eigenvalue weighted by molar-refractivity contribution is 0.253. The first kappa shape index (κ1) is 23.2. The number of piperazine rings is 1. The summed E-state index contributed by atoms with van der Waals surface area (Å²) in [4.78, 5) is 7.49. The Morgan fingerprint density at radius 2 is 1.84 bits per heavy atom. The third-order valence-electron chi connectivity index (χ3n) is 7.12. The Labute approximate surface area is 199 Å². The number of likely N-dealkylation sites (N-methyl/N-ethyl adjacent to an activating group) is 1. The summed E-state index contributed by atoms with van der Waals surface area (Å²) in [5, 5.41) is 0.911. The van der Waals surface area contributed by atoms with Gasteiger partial charge in [0.1, 0.15) is 0 Å². The second-order valence-electron chi connectivity index (χ2n) is 9.46. The number of hydrogen-bond donors (Lipinski definition) is 0. The smallest absolute Gasteiger partial charge is 0.0668 e. The highest BCUT2D eigenvalue weighted by Crippen LogP contribution is 2.33. The zero-order valence-electron chi connectivity index (χ0n) is 19.9. The lowest BCUT2D eigenvalue weighted by Gasteiger charge is -2.36. The number of unbranched alkanes of at least 4 members (excludes halogenated alkanes) is 1. The lowest BCUT2D eigenvalue weighted by atomic mass is 9.96. The van der Waals surface area contributed by atoms with Crippen LogP contribution in [0, 0.1) is 6.92 Å². The maximum Gasteiger partial charge on any atom is 0.0668 e. The van der Waals surface area contributed by atoms with Gasteiger partial charge in [-0.15, -0.1) is 6.58 Å². The number of fused-ring (bicyclic) bond motifs is 1. The molecule has 4 rings (SSSR count). The number of halogens is 1. The van der Waals surface area contributed by atoms with Crippen LogP contribution in [0.15, 0.2) is 43.0 Å². The average molecular weight is 452 g/mol. The summed E-state index contributed by atoms with van der Waals surface area (Å²) < 4.78 is 0. The largest absolute Gasteiger partial charge is 0.374 e. The van der Waals surface area contributed by atoms with Gasteiger partial charge in [-0.25, -0.2) is 0 Å². The predicted octanol–water partition coefficient (Wildman–Crippen LogP) is 5.90. The Morgan fingerprint density at radius 3 is 2.62 bits per heavy atom. The fraction of sp³-hybridized carbons (Fsp3) is 0.500. The summed E-state index contributed by atoms with van der Waals surface area (Å²) in [5.74, 6) is 0. The molecule has 172 valence electrons. The summed E-state index contributed by atoms with van der Waals surface area (Å²) in [7, 11) is 2.23. The molecule has 1 saturated heterocycles. The maximum atomic E-state index is 6.54. The van der Waals surface area contributed by atoms with Crippen molar-refractivity contribution in [3.8, 4) is 0 Å². The molecule has 2 aliphatic rings. The van der Waals surface area contributed by atoms with E-state index in [9.17, 15) is 0 Å². The van der Waals surface area contributed by atoms with Gasteiger partial charge in [0.2, 0.25) is 0 Å². The minimum Gasteiger partial charge on any atom is -0.374 e. The number of anilines is 2. The van der Waals surface area contributed by atoms with Crippen LogP contribution in [-0.4, -0.2) is 51.2 Å². The number of nitrogens with zero attached hydrogens (tertiary/aromatic N) is 3. The quantitative estimate of drug-likeness (QED) is 0.347. The maximum absolute atomic E-state index is 6.54. The molecule has 0 unspecified atom stereocenters. The van der Waals surface area contributed by atoms with Crippen molar-refractivity contribution >= 4 is 23.0 Å². The second kappa shape index (κ2) is 10.8. The van der Waals surface area contributed by atoms with Crippen molar-refractivity contribution in [3.63, 3.8) is 0 Å². The van der Waals surface area contributed by atoms with E-state index in [-0.39, 0.29) is 0 Å². The molecule has 3 nitrogen and oxygen atoms in total. The van der Waals surface area contributed by atoms with Gasteiger partial charge in [-0.2, -0.15) is 0 Å². The molecule has 2 aromatic rings. The van der Waals surface area contributed by atoms with Crippen LogP contribution in [0.3, 0.4) is 0 Å². The third kappa shape index (κ3) is 5.32. The van der Waals surface area contributed by atoms with E-state index in [0.29, 0.717) is 0 Å².